The molecule has 1 amide bonds. The van der Waals surface area contributed by atoms with E-state index in [1.54, 1.807) is 25.1 Å². The van der Waals surface area contributed by atoms with E-state index in [1.807, 2.05) is 43.3 Å². The fourth-order valence-electron chi connectivity index (χ4n) is 2.14. The maximum Gasteiger partial charge on any atom is 0.244 e. The number of rotatable bonds is 4. The standard InChI is InChI=1S/C17H20N2O2/c1-12(13-7-6-10-15(20)11-13)19-16(21)17(2,18)14-8-4-3-5-9-14/h3-12,20H,18H2,1-2H3,(H,19,21). The number of nitrogens with one attached hydrogen (secondary N) is 1. The van der Waals surface area contributed by atoms with Crippen LogP contribution in [0, 0.1) is 0 Å². The van der Waals surface area contributed by atoms with Gasteiger partial charge in [0.05, 0.1) is 6.04 Å². The zero-order valence-corrected chi connectivity index (χ0v) is 12.2. The molecule has 0 aliphatic heterocycles. The average molecular weight is 284 g/mol. The number of hydrogen-bond acceptors (Lipinski definition) is 3. The van der Waals surface area contributed by atoms with Crippen LogP contribution in [0.1, 0.15) is 31.0 Å². The Morgan fingerprint density at radius 3 is 2.48 bits per heavy atom. The van der Waals surface area contributed by atoms with Crippen LogP contribution >= 0.6 is 0 Å². The molecular formula is C17H20N2O2. The van der Waals surface area contributed by atoms with Crippen molar-refractivity contribution in [2.24, 2.45) is 5.73 Å². The summed E-state index contributed by atoms with van der Waals surface area (Å²) in [7, 11) is 0. The number of benzene rings is 2. The van der Waals surface area contributed by atoms with Crippen LogP contribution in [0.3, 0.4) is 0 Å². The number of phenols is 1. The Balaban J connectivity index is 2.14. The highest BCUT2D eigenvalue weighted by Gasteiger charge is 2.31. The van der Waals surface area contributed by atoms with Crippen LogP contribution in [0.4, 0.5) is 0 Å². The molecule has 4 heteroatoms. The maximum absolute atomic E-state index is 12.4. The van der Waals surface area contributed by atoms with Crippen LogP contribution in [-0.2, 0) is 10.3 Å². The Kier molecular flexibility index (Phi) is 4.29. The summed E-state index contributed by atoms with van der Waals surface area (Å²) in [6.07, 6.45) is 0. The second-order valence-electron chi connectivity index (χ2n) is 5.36. The summed E-state index contributed by atoms with van der Waals surface area (Å²) in [6.45, 7) is 3.54. The highest BCUT2D eigenvalue weighted by molar-refractivity contribution is 5.87. The lowest BCUT2D eigenvalue weighted by molar-refractivity contribution is -0.126. The molecule has 2 atom stereocenters. The number of nitrogens with two attached hydrogens (primary N) is 1. The molecule has 0 bridgehead atoms. The van der Waals surface area contributed by atoms with Crippen LogP contribution in [-0.4, -0.2) is 11.0 Å². The SMILES string of the molecule is CC(NC(=O)C(C)(N)c1ccccc1)c1cccc(O)c1. The van der Waals surface area contributed by atoms with Crippen molar-refractivity contribution in [3.05, 3.63) is 65.7 Å². The Labute approximate surface area is 124 Å². The number of hydrogen-bond donors (Lipinski definition) is 3. The lowest BCUT2D eigenvalue weighted by Gasteiger charge is -2.26. The molecule has 2 aromatic rings. The van der Waals surface area contributed by atoms with E-state index in [1.165, 1.54) is 0 Å². The maximum atomic E-state index is 12.4. The molecule has 21 heavy (non-hydrogen) atoms. The lowest BCUT2D eigenvalue weighted by Crippen LogP contribution is -2.49. The van der Waals surface area contributed by atoms with Crippen LogP contribution in [0.5, 0.6) is 5.75 Å². The lowest BCUT2D eigenvalue weighted by atomic mass is 9.91. The third-order valence-electron chi connectivity index (χ3n) is 3.56. The quantitative estimate of drug-likeness (QED) is 0.807. The zero-order chi connectivity index (χ0) is 15.5. The second kappa shape index (κ2) is 5.97. The smallest absolute Gasteiger partial charge is 0.244 e. The van der Waals surface area contributed by atoms with Gasteiger partial charge in [-0.3, -0.25) is 4.79 Å². The fourth-order valence-corrected chi connectivity index (χ4v) is 2.14. The molecule has 2 unspecified atom stereocenters. The minimum atomic E-state index is -1.10. The van der Waals surface area contributed by atoms with Crippen molar-refractivity contribution < 1.29 is 9.90 Å². The predicted octanol–water partition coefficient (Wildman–Crippen LogP) is 2.44. The third-order valence-corrected chi connectivity index (χ3v) is 3.56. The number of carbonyl (C=O) groups excluding carboxylic acids is 1. The van der Waals surface area contributed by atoms with Crippen molar-refractivity contribution in [2.75, 3.05) is 0 Å². The van der Waals surface area contributed by atoms with Crippen molar-refractivity contribution in [1.29, 1.82) is 0 Å². The molecule has 0 aliphatic carbocycles. The van der Waals surface area contributed by atoms with E-state index in [-0.39, 0.29) is 17.7 Å². The largest absolute Gasteiger partial charge is 0.508 e. The molecule has 2 aromatic carbocycles. The normalized spacial score (nSPS) is 15.0. The van der Waals surface area contributed by atoms with E-state index in [4.69, 9.17) is 5.73 Å². The van der Waals surface area contributed by atoms with Gasteiger partial charge in [0, 0.05) is 0 Å². The van der Waals surface area contributed by atoms with Crippen molar-refractivity contribution in [3.63, 3.8) is 0 Å². The molecule has 2 rings (SSSR count). The third kappa shape index (κ3) is 3.41. The summed E-state index contributed by atoms with van der Waals surface area (Å²) in [6, 6.07) is 15.8. The van der Waals surface area contributed by atoms with Crippen LogP contribution in [0.15, 0.2) is 54.6 Å². The van der Waals surface area contributed by atoms with E-state index in [9.17, 15) is 9.90 Å². The van der Waals surface area contributed by atoms with Crippen molar-refractivity contribution in [2.45, 2.75) is 25.4 Å². The van der Waals surface area contributed by atoms with E-state index >= 15 is 0 Å². The first-order chi connectivity index (χ1) is 9.91. The van der Waals surface area contributed by atoms with Gasteiger partial charge in [-0.25, -0.2) is 0 Å². The predicted molar refractivity (Wildman–Crippen MR) is 82.6 cm³/mol. The van der Waals surface area contributed by atoms with Gasteiger partial charge in [-0.15, -0.1) is 0 Å². The number of aromatic hydroxyl groups is 1. The Morgan fingerprint density at radius 2 is 1.86 bits per heavy atom. The molecule has 0 fully saturated rings. The zero-order valence-electron chi connectivity index (χ0n) is 12.2. The van der Waals surface area contributed by atoms with Gasteiger partial charge in [-0.2, -0.15) is 0 Å². The molecule has 0 heterocycles. The molecule has 0 saturated carbocycles. The summed E-state index contributed by atoms with van der Waals surface area (Å²) >= 11 is 0. The summed E-state index contributed by atoms with van der Waals surface area (Å²) in [4.78, 5) is 12.4. The number of phenolic OH excluding ortho intramolecular Hbond substituents is 1. The topological polar surface area (TPSA) is 75.4 Å². The van der Waals surface area contributed by atoms with E-state index < -0.39 is 5.54 Å². The first kappa shape index (κ1) is 15.1. The van der Waals surface area contributed by atoms with Gasteiger partial charge in [0.25, 0.3) is 0 Å². The molecule has 110 valence electrons. The molecule has 0 saturated heterocycles. The molecule has 0 aliphatic rings. The van der Waals surface area contributed by atoms with Crippen LogP contribution < -0.4 is 11.1 Å². The van der Waals surface area contributed by atoms with E-state index in [2.05, 4.69) is 5.32 Å². The van der Waals surface area contributed by atoms with E-state index in [0.29, 0.717) is 0 Å². The van der Waals surface area contributed by atoms with Gasteiger partial charge in [-0.05, 0) is 37.1 Å². The van der Waals surface area contributed by atoms with Gasteiger partial charge >= 0.3 is 0 Å². The fraction of sp³-hybridized carbons (Fsp3) is 0.235. The van der Waals surface area contributed by atoms with Gasteiger partial charge < -0.3 is 16.2 Å². The average Bonchev–Trinajstić information content (AvgIpc) is 2.48. The second-order valence-corrected chi connectivity index (χ2v) is 5.36. The summed E-state index contributed by atoms with van der Waals surface area (Å²) in [5.41, 5.74) is 6.65. The molecule has 0 radical (unpaired) electrons. The minimum Gasteiger partial charge on any atom is -0.508 e. The van der Waals surface area contributed by atoms with Crippen LogP contribution in [0.2, 0.25) is 0 Å². The van der Waals surface area contributed by atoms with Crippen LogP contribution in [0.25, 0.3) is 0 Å². The van der Waals surface area contributed by atoms with Gasteiger partial charge in [0.2, 0.25) is 5.91 Å². The number of amides is 1. The van der Waals surface area contributed by atoms with Crippen molar-refractivity contribution in [1.82, 2.24) is 5.32 Å². The monoisotopic (exact) mass is 284 g/mol. The minimum absolute atomic E-state index is 0.173. The van der Waals surface area contributed by atoms with Gasteiger partial charge in [0.1, 0.15) is 11.3 Å². The van der Waals surface area contributed by atoms with Crippen molar-refractivity contribution >= 4 is 5.91 Å². The first-order valence-corrected chi connectivity index (χ1v) is 6.85. The Hall–Kier alpha value is -2.33. The molecule has 0 spiro atoms. The summed E-state index contributed by atoms with van der Waals surface area (Å²) < 4.78 is 0. The Bertz CT molecular complexity index is 624. The van der Waals surface area contributed by atoms with E-state index in [0.717, 1.165) is 11.1 Å². The summed E-state index contributed by atoms with van der Waals surface area (Å²) in [5, 5.41) is 12.4. The van der Waals surface area contributed by atoms with Gasteiger partial charge in [0.15, 0.2) is 0 Å². The summed E-state index contributed by atoms with van der Waals surface area (Å²) in [5.74, 6) is -0.0864. The highest BCUT2D eigenvalue weighted by atomic mass is 16.3. The number of carbonyl (C=O) groups is 1. The molecule has 4 nitrogen and oxygen atoms in total. The van der Waals surface area contributed by atoms with Crippen molar-refractivity contribution in [3.8, 4) is 5.75 Å². The highest BCUT2D eigenvalue weighted by Crippen LogP contribution is 2.21. The molecule has 4 N–H and O–H groups in total. The van der Waals surface area contributed by atoms with Gasteiger partial charge in [-0.1, -0.05) is 42.5 Å². The first-order valence-electron chi connectivity index (χ1n) is 6.85. The molecule has 0 aromatic heterocycles. The molecular weight excluding hydrogens is 264 g/mol. The Morgan fingerprint density at radius 1 is 1.19 bits per heavy atom.